The van der Waals surface area contributed by atoms with Crippen LogP contribution in [-0.2, 0) is 9.53 Å². The number of rotatable bonds is 5. The Morgan fingerprint density at radius 2 is 1.72 bits per heavy atom. The molecular weight excluding hydrogens is 380 g/mol. The van der Waals surface area contributed by atoms with E-state index >= 15 is 0 Å². The van der Waals surface area contributed by atoms with Gasteiger partial charge in [0.2, 0.25) is 5.78 Å². The van der Waals surface area contributed by atoms with Crippen LogP contribution in [0.1, 0.15) is 42.2 Å². The molecule has 0 saturated heterocycles. The predicted octanol–water partition coefficient (Wildman–Crippen LogP) is 1.28. The normalized spacial score (nSPS) is 11.7. The minimum Gasteiger partial charge on any atom is -0.452 e. The minimum absolute atomic E-state index is 0.00674. The van der Waals surface area contributed by atoms with Gasteiger partial charge in [-0.3, -0.25) is 24.5 Å². The van der Waals surface area contributed by atoms with Gasteiger partial charge in [-0.05, 0) is 12.1 Å². The molecule has 2 aromatic rings. The first kappa shape index (κ1) is 19.4. The van der Waals surface area contributed by atoms with E-state index in [4.69, 9.17) is 11.2 Å². The molecule has 2 aromatic carbocycles. The lowest BCUT2D eigenvalue weighted by atomic mass is 9.82. The van der Waals surface area contributed by atoms with Gasteiger partial charge in [0.15, 0.2) is 12.4 Å². The van der Waals surface area contributed by atoms with Gasteiger partial charge in [0.1, 0.15) is 11.1 Å². The van der Waals surface area contributed by atoms with Gasteiger partial charge in [-0.1, -0.05) is 30.2 Å². The highest BCUT2D eigenvalue weighted by Gasteiger charge is 2.39. The van der Waals surface area contributed by atoms with E-state index in [9.17, 15) is 29.3 Å². The molecule has 9 nitrogen and oxygen atoms in total. The van der Waals surface area contributed by atoms with Crippen molar-refractivity contribution in [1.29, 1.82) is 0 Å². The third kappa shape index (κ3) is 3.46. The Morgan fingerprint density at radius 3 is 2.34 bits per heavy atom. The van der Waals surface area contributed by atoms with Crippen molar-refractivity contribution >= 4 is 29.1 Å². The van der Waals surface area contributed by atoms with Crippen molar-refractivity contribution in [3.63, 3.8) is 0 Å². The fourth-order valence-corrected chi connectivity index (χ4v) is 2.93. The Morgan fingerprint density at radius 1 is 1.07 bits per heavy atom. The van der Waals surface area contributed by atoms with Crippen LogP contribution in [0.15, 0.2) is 36.4 Å². The van der Waals surface area contributed by atoms with Crippen LogP contribution in [0.2, 0.25) is 0 Å². The molecule has 0 aromatic heterocycles. The van der Waals surface area contributed by atoms with Crippen LogP contribution in [-0.4, -0.2) is 41.5 Å². The van der Waals surface area contributed by atoms with Crippen molar-refractivity contribution in [3.8, 4) is 12.3 Å². The molecule has 1 N–H and O–H groups in total. The molecule has 0 heterocycles. The summed E-state index contributed by atoms with van der Waals surface area (Å²) in [5.41, 5.74) is -1.91. The summed E-state index contributed by atoms with van der Waals surface area (Å²) in [4.78, 5) is 60.1. The molecule has 1 aliphatic carbocycles. The quantitative estimate of drug-likeness (QED) is 0.299. The number of nitrogens with one attached hydrogen (secondary N) is 1. The number of benzene rings is 2. The second kappa shape index (κ2) is 7.74. The number of carbonyl (C=O) groups is 4. The number of ketones is 2. The van der Waals surface area contributed by atoms with Gasteiger partial charge < -0.3 is 10.1 Å². The Hall–Kier alpha value is -4.32. The van der Waals surface area contributed by atoms with Crippen molar-refractivity contribution in [2.75, 3.05) is 13.2 Å². The van der Waals surface area contributed by atoms with Gasteiger partial charge in [-0.25, -0.2) is 4.79 Å². The van der Waals surface area contributed by atoms with Crippen LogP contribution in [0, 0.1) is 22.5 Å². The van der Waals surface area contributed by atoms with E-state index in [0.717, 1.165) is 12.1 Å². The molecule has 0 saturated carbocycles. The van der Waals surface area contributed by atoms with Crippen molar-refractivity contribution in [1.82, 2.24) is 5.32 Å². The van der Waals surface area contributed by atoms with Gasteiger partial charge in [-0.2, -0.15) is 0 Å². The van der Waals surface area contributed by atoms with Crippen LogP contribution in [0.5, 0.6) is 0 Å². The van der Waals surface area contributed by atoms with E-state index in [-0.39, 0.29) is 23.2 Å². The van der Waals surface area contributed by atoms with Crippen LogP contribution in [0.25, 0.3) is 0 Å². The van der Waals surface area contributed by atoms with Crippen molar-refractivity contribution in [3.05, 3.63) is 74.3 Å². The minimum atomic E-state index is -1.19. The molecule has 1 amide bonds. The lowest BCUT2D eigenvalue weighted by molar-refractivity contribution is -0.385. The van der Waals surface area contributed by atoms with Crippen LogP contribution in [0.4, 0.5) is 5.69 Å². The Bertz CT molecular complexity index is 1130. The SMILES string of the molecule is C#CCNC(=O)COC(=O)c1ccc2c(c1[N+](=O)[O-])C(=O)c1ccccc1C2=O. The maximum absolute atomic E-state index is 12.8. The fourth-order valence-electron chi connectivity index (χ4n) is 2.93. The summed E-state index contributed by atoms with van der Waals surface area (Å²) in [5, 5.41) is 13.9. The molecule has 0 fully saturated rings. The molecule has 0 unspecified atom stereocenters. The molecule has 3 rings (SSSR count). The monoisotopic (exact) mass is 392 g/mol. The third-order valence-electron chi connectivity index (χ3n) is 4.19. The van der Waals surface area contributed by atoms with Crippen molar-refractivity contribution < 1.29 is 28.8 Å². The Kier molecular flexibility index (Phi) is 5.19. The molecule has 1 aliphatic rings. The number of fused-ring (bicyclic) bond motifs is 2. The zero-order valence-electron chi connectivity index (χ0n) is 14.8. The lowest BCUT2D eigenvalue weighted by Crippen LogP contribution is -2.29. The van der Waals surface area contributed by atoms with Gasteiger partial charge in [-0.15, -0.1) is 6.42 Å². The number of hydrogen-bond donors (Lipinski definition) is 1. The van der Waals surface area contributed by atoms with E-state index in [0.29, 0.717) is 0 Å². The highest BCUT2D eigenvalue weighted by atomic mass is 16.6. The molecule has 0 atom stereocenters. The van der Waals surface area contributed by atoms with Gasteiger partial charge in [0.05, 0.1) is 11.5 Å². The lowest BCUT2D eigenvalue weighted by Gasteiger charge is -2.18. The largest absolute Gasteiger partial charge is 0.452 e. The second-order valence-electron chi connectivity index (χ2n) is 5.90. The number of amides is 1. The average molecular weight is 392 g/mol. The van der Waals surface area contributed by atoms with Gasteiger partial charge >= 0.3 is 5.97 Å². The van der Waals surface area contributed by atoms with E-state index < -0.39 is 51.8 Å². The summed E-state index contributed by atoms with van der Waals surface area (Å²) >= 11 is 0. The molecule has 29 heavy (non-hydrogen) atoms. The maximum Gasteiger partial charge on any atom is 0.345 e. The summed E-state index contributed by atoms with van der Waals surface area (Å²) in [6, 6.07) is 8.10. The number of esters is 1. The van der Waals surface area contributed by atoms with Gasteiger partial charge in [0.25, 0.3) is 11.6 Å². The van der Waals surface area contributed by atoms with Crippen LogP contribution < -0.4 is 5.32 Å². The second-order valence-corrected chi connectivity index (χ2v) is 5.90. The Balaban J connectivity index is 2.02. The molecule has 0 aliphatic heterocycles. The van der Waals surface area contributed by atoms with Crippen LogP contribution in [0.3, 0.4) is 0 Å². The number of nitro benzene ring substituents is 1. The van der Waals surface area contributed by atoms with E-state index in [1.807, 2.05) is 0 Å². The average Bonchev–Trinajstić information content (AvgIpc) is 2.73. The molecule has 9 heteroatoms. The van der Waals surface area contributed by atoms with E-state index in [1.54, 1.807) is 6.07 Å². The van der Waals surface area contributed by atoms with E-state index in [2.05, 4.69) is 11.2 Å². The third-order valence-corrected chi connectivity index (χ3v) is 4.19. The number of nitrogens with zero attached hydrogens (tertiary/aromatic N) is 1. The van der Waals surface area contributed by atoms with Crippen molar-refractivity contribution in [2.24, 2.45) is 0 Å². The molecular formula is C20H12N2O7. The zero-order chi connectivity index (χ0) is 21.1. The first-order chi connectivity index (χ1) is 13.9. The predicted molar refractivity (Wildman–Crippen MR) is 98.5 cm³/mol. The highest BCUT2D eigenvalue weighted by Crippen LogP contribution is 2.35. The number of terminal acetylenes is 1. The molecule has 144 valence electrons. The Labute approximate surface area is 163 Å². The first-order valence-corrected chi connectivity index (χ1v) is 8.24. The number of ether oxygens (including phenoxy) is 1. The van der Waals surface area contributed by atoms with Gasteiger partial charge in [0, 0.05) is 16.7 Å². The topological polar surface area (TPSA) is 133 Å². The van der Waals surface area contributed by atoms with Crippen molar-refractivity contribution in [2.45, 2.75) is 0 Å². The zero-order valence-corrected chi connectivity index (χ0v) is 14.8. The summed E-state index contributed by atoms with van der Waals surface area (Å²) in [6.45, 7) is -0.796. The molecule has 0 radical (unpaired) electrons. The first-order valence-electron chi connectivity index (χ1n) is 8.24. The highest BCUT2D eigenvalue weighted by molar-refractivity contribution is 6.30. The smallest absolute Gasteiger partial charge is 0.345 e. The maximum atomic E-state index is 12.8. The standard InChI is InChI=1S/C20H12N2O7/c1-2-9-21-15(23)10-29-20(26)14-8-7-13-16(17(14)22(27)28)19(25)12-6-4-3-5-11(12)18(13)24/h1,3-8H,9-10H2,(H,21,23). The molecule has 0 bridgehead atoms. The molecule has 0 spiro atoms. The summed E-state index contributed by atoms with van der Waals surface area (Å²) < 4.78 is 4.78. The van der Waals surface area contributed by atoms with E-state index in [1.165, 1.54) is 18.2 Å². The number of hydrogen-bond acceptors (Lipinski definition) is 7. The fraction of sp³-hybridized carbons (Fsp3) is 0.100. The number of carbonyl (C=O) groups excluding carboxylic acids is 4. The van der Waals surface area contributed by atoms with Crippen LogP contribution >= 0.6 is 0 Å². The summed E-state index contributed by atoms with van der Waals surface area (Å²) in [7, 11) is 0. The summed E-state index contributed by atoms with van der Waals surface area (Å²) in [5.74, 6) is -1.03. The number of nitro groups is 1. The summed E-state index contributed by atoms with van der Waals surface area (Å²) in [6.07, 6.45) is 4.99.